The molecule has 1 atom stereocenters. The topological polar surface area (TPSA) is 47.6 Å². The maximum absolute atomic E-state index is 10.6. The highest BCUT2D eigenvalue weighted by atomic mass is 16.5. The van der Waals surface area contributed by atoms with Crippen LogP contribution < -0.4 is 5.32 Å². The van der Waals surface area contributed by atoms with E-state index < -0.39 is 0 Å². The molecule has 0 radical (unpaired) electrons. The van der Waals surface area contributed by atoms with Gasteiger partial charge in [-0.3, -0.25) is 0 Å². The molecule has 0 aliphatic carbocycles. The molecule has 0 aromatic rings. The fraction of sp³-hybridized carbons (Fsp3) is 0.625. The third-order valence-corrected chi connectivity index (χ3v) is 1.22. The van der Waals surface area contributed by atoms with Crippen LogP contribution in [0.1, 0.15) is 6.92 Å². The normalized spacial score (nSPS) is 12.9. The van der Waals surface area contributed by atoms with Crippen molar-refractivity contribution in [2.45, 2.75) is 13.0 Å². The minimum absolute atomic E-state index is 0.191. The Balaban J connectivity index is 3.52. The zero-order chi connectivity index (χ0) is 9.40. The summed E-state index contributed by atoms with van der Waals surface area (Å²) in [6.07, 6.45) is 2.88. The summed E-state index contributed by atoms with van der Waals surface area (Å²) >= 11 is 0. The molecule has 0 aliphatic rings. The maximum Gasteiger partial charge on any atom is 0.331 e. The minimum Gasteiger partial charge on any atom is -0.466 e. The van der Waals surface area contributed by atoms with Crippen molar-refractivity contribution in [3.05, 3.63) is 12.3 Å². The van der Waals surface area contributed by atoms with Crippen LogP contribution in [-0.2, 0) is 14.3 Å². The molecule has 0 aromatic carbocycles. The number of rotatable bonds is 5. The molecule has 0 saturated carbocycles. The maximum atomic E-state index is 10.6. The molecule has 0 spiro atoms. The Hall–Kier alpha value is -1.03. The van der Waals surface area contributed by atoms with Gasteiger partial charge in [0.15, 0.2) is 0 Å². The summed E-state index contributed by atoms with van der Waals surface area (Å²) in [4.78, 5) is 10.6. The molecule has 0 aromatic heterocycles. The van der Waals surface area contributed by atoms with E-state index in [-0.39, 0.29) is 12.0 Å². The van der Waals surface area contributed by atoms with Gasteiger partial charge in [-0.2, -0.15) is 0 Å². The first-order valence-electron chi connectivity index (χ1n) is 3.70. The molecule has 12 heavy (non-hydrogen) atoms. The van der Waals surface area contributed by atoms with Crippen molar-refractivity contribution in [1.29, 1.82) is 0 Å². The zero-order valence-electron chi connectivity index (χ0n) is 7.66. The molecule has 0 amide bonds. The van der Waals surface area contributed by atoms with Crippen LogP contribution in [0.4, 0.5) is 0 Å². The number of hydrogen-bond acceptors (Lipinski definition) is 4. The lowest BCUT2D eigenvalue weighted by molar-refractivity contribution is -0.134. The van der Waals surface area contributed by atoms with Crippen molar-refractivity contribution in [3.8, 4) is 0 Å². The lowest BCUT2D eigenvalue weighted by Gasteiger charge is -2.08. The van der Waals surface area contributed by atoms with E-state index in [4.69, 9.17) is 4.74 Å². The van der Waals surface area contributed by atoms with Gasteiger partial charge < -0.3 is 14.8 Å². The van der Waals surface area contributed by atoms with Crippen LogP contribution in [0.25, 0.3) is 0 Å². The first-order valence-corrected chi connectivity index (χ1v) is 3.70. The average Bonchev–Trinajstić information content (AvgIpc) is 2.04. The second-order valence-corrected chi connectivity index (χ2v) is 2.38. The van der Waals surface area contributed by atoms with Crippen molar-refractivity contribution in [1.82, 2.24) is 5.32 Å². The molecule has 1 N–H and O–H groups in total. The third kappa shape index (κ3) is 5.73. The smallest absolute Gasteiger partial charge is 0.331 e. The summed E-state index contributed by atoms with van der Waals surface area (Å²) in [5, 5.41) is 2.94. The van der Waals surface area contributed by atoms with Gasteiger partial charge in [0, 0.05) is 25.4 Å². The van der Waals surface area contributed by atoms with E-state index in [1.54, 1.807) is 13.3 Å². The molecular formula is C8H15NO3. The molecule has 0 fully saturated rings. The number of esters is 1. The van der Waals surface area contributed by atoms with Crippen LogP contribution >= 0.6 is 0 Å². The van der Waals surface area contributed by atoms with Gasteiger partial charge in [-0.25, -0.2) is 4.79 Å². The van der Waals surface area contributed by atoms with Gasteiger partial charge in [0.05, 0.1) is 13.7 Å². The SMILES string of the molecule is COCC(C)N/C=C/C(=O)OC. The monoisotopic (exact) mass is 173 g/mol. The first-order chi connectivity index (χ1) is 5.70. The van der Waals surface area contributed by atoms with Crippen LogP contribution in [0.5, 0.6) is 0 Å². The van der Waals surface area contributed by atoms with E-state index in [2.05, 4.69) is 10.1 Å². The summed E-state index contributed by atoms with van der Waals surface area (Å²) in [6, 6.07) is 0.191. The van der Waals surface area contributed by atoms with Gasteiger partial charge in [-0.1, -0.05) is 0 Å². The van der Waals surface area contributed by atoms with Gasteiger partial charge in [0.2, 0.25) is 0 Å². The molecule has 70 valence electrons. The van der Waals surface area contributed by atoms with Crippen LogP contribution in [0.3, 0.4) is 0 Å². The molecule has 0 rings (SSSR count). The number of hydrogen-bond donors (Lipinski definition) is 1. The van der Waals surface area contributed by atoms with Gasteiger partial charge >= 0.3 is 5.97 Å². The number of ether oxygens (including phenoxy) is 2. The lowest BCUT2D eigenvalue weighted by atomic mass is 10.4. The van der Waals surface area contributed by atoms with Crippen LogP contribution in [0.2, 0.25) is 0 Å². The molecule has 1 unspecified atom stereocenters. The Bertz CT molecular complexity index is 156. The fourth-order valence-electron chi connectivity index (χ4n) is 0.647. The molecular weight excluding hydrogens is 158 g/mol. The van der Waals surface area contributed by atoms with Gasteiger partial charge in [0.1, 0.15) is 0 Å². The Morgan fingerprint density at radius 3 is 2.75 bits per heavy atom. The van der Waals surface area contributed by atoms with Crippen molar-refractivity contribution in [2.24, 2.45) is 0 Å². The first kappa shape index (κ1) is 11.0. The molecule has 4 nitrogen and oxygen atoms in total. The van der Waals surface area contributed by atoms with Crippen LogP contribution in [-0.4, -0.2) is 32.8 Å². The summed E-state index contributed by atoms with van der Waals surface area (Å²) in [5.41, 5.74) is 0. The number of carbonyl (C=O) groups is 1. The highest BCUT2D eigenvalue weighted by Crippen LogP contribution is 1.82. The Kier molecular flexibility index (Phi) is 6.09. The predicted molar refractivity (Wildman–Crippen MR) is 45.6 cm³/mol. The van der Waals surface area contributed by atoms with E-state index in [1.807, 2.05) is 6.92 Å². The van der Waals surface area contributed by atoms with E-state index in [0.717, 1.165) is 0 Å². The molecule has 0 aliphatic heterocycles. The standard InChI is InChI=1S/C8H15NO3/c1-7(6-11-2)9-5-4-8(10)12-3/h4-5,7,9H,6H2,1-3H3/b5-4+. The molecule has 4 heteroatoms. The van der Waals surface area contributed by atoms with Gasteiger partial charge in [-0.05, 0) is 6.92 Å². The average molecular weight is 173 g/mol. The van der Waals surface area contributed by atoms with Gasteiger partial charge in [-0.15, -0.1) is 0 Å². The van der Waals surface area contributed by atoms with E-state index in [0.29, 0.717) is 6.61 Å². The molecule has 0 saturated heterocycles. The van der Waals surface area contributed by atoms with Crippen molar-refractivity contribution < 1.29 is 14.3 Å². The molecule has 0 bridgehead atoms. The fourth-order valence-corrected chi connectivity index (χ4v) is 0.647. The van der Waals surface area contributed by atoms with E-state index in [1.165, 1.54) is 13.2 Å². The third-order valence-electron chi connectivity index (χ3n) is 1.22. The van der Waals surface area contributed by atoms with Crippen molar-refractivity contribution in [3.63, 3.8) is 0 Å². The van der Waals surface area contributed by atoms with Crippen LogP contribution in [0.15, 0.2) is 12.3 Å². The van der Waals surface area contributed by atoms with E-state index >= 15 is 0 Å². The summed E-state index contributed by atoms with van der Waals surface area (Å²) in [6.45, 7) is 2.55. The molecule has 0 heterocycles. The second kappa shape index (κ2) is 6.67. The highest BCUT2D eigenvalue weighted by molar-refractivity contribution is 5.81. The quantitative estimate of drug-likeness (QED) is 0.479. The van der Waals surface area contributed by atoms with Crippen molar-refractivity contribution >= 4 is 5.97 Å². The Morgan fingerprint density at radius 2 is 2.25 bits per heavy atom. The minimum atomic E-state index is -0.368. The summed E-state index contributed by atoms with van der Waals surface area (Å²) in [7, 11) is 2.97. The Labute approximate surface area is 72.5 Å². The largest absolute Gasteiger partial charge is 0.466 e. The van der Waals surface area contributed by atoms with Crippen LogP contribution in [0, 0.1) is 0 Å². The second-order valence-electron chi connectivity index (χ2n) is 2.38. The van der Waals surface area contributed by atoms with Crippen molar-refractivity contribution in [2.75, 3.05) is 20.8 Å². The number of nitrogens with one attached hydrogen (secondary N) is 1. The summed E-state index contributed by atoms with van der Waals surface area (Å²) in [5.74, 6) is -0.368. The Morgan fingerprint density at radius 1 is 1.58 bits per heavy atom. The zero-order valence-corrected chi connectivity index (χ0v) is 7.66. The summed E-state index contributed by atoms with van der Waals surface area (Å²) < 4.78 is 9.27. The lowest BCUT2D eigenvalue weighted by Crippen LogP contribution is -2.25. The predicted octanol–water partition coefficient (Wildman–Crippen LogP) is 0.298. The van der Waals surface area contributed by atoms with E-state index in [9.17, 15) is 4.79 Å². The number of carbonyl (C=O) groups excluding carboxylic acids is 1. The number of methoxy groups -OCH3 is 2. The van der Waals surface area contributed by atoms with Gasteiger partial charge in [0.25, 0.3) is 0 Å². The highest BCUT2D eigenvalue weighted by Gasteiger charge is 1.95.